The van der Waals surface area contributed by atoms with Gasteiger partial charge in [0.05, 0.1) is 12.1 Å². The molecule has 4 heterocycles. The first-order valence-corrected chi connectivity index (χ1v) is 9.13. The lowest BCUT2D eigenvalue weighted by atomic mass is 10.1. The topological polar surface area (TPSA) is 114 Å². The van der Waals surface area contributed by atoms with Crippen LogP contribution in [0.3, 0.4) is 0 Å². The fourth-order valence-corrected chi connectivity index (χ4v) is 3.87. The number of aromatic nitrogens is 3. The fourth-order valence-electron chi connectivity index (χ4n) is 3.25. The van der Waals surface area contributed by atoms with Crippen LogP contribution >= 0.6 is 11.3 Å². The van der Waals surface area contributed by atoms with Gasteiger partial charge in [0.2, 0.25) is 5.43 Å². The average Bonchev–Trinajstić information content (AvgIpc) is 3.31. The van der Waals surface area contributed by atoms with Crippen molar-refractivity contribution in [3.8, 4) is 5.13 Å². The van der Waals surface area contributed by atoms with Crippen molar-refractivity contribution in [2.75, 3.05) is 24.7 Å². The van der Waals surface area contributed by atoms with Crippen LogP contribution in [0.5, 0.6) is 0 Å². The highest BCUT2D eigenvalue weighted by atomic mass is 32.1. The molecule has 3 aromatic heterocycles. The Bertz CT molecular complexity index is 1070. The zero-order valence-electron chi connectivity index (χ0n) is 14.1. The van der Waals surface area contributed by atoms with Gasteiger partial charge in [0.1, 0.15) is 11.4 Å². The number of alkyl halides is 1. The zero-order valence-corrected chi connectivity index (χ0v) is 14.9. The minimum atomic E-state index is -1.31. The molecule has 3 N–H and O–H groups in total. The Kier molecular flexibility index (Phi) is 4.36. The van der Waals surface area contributed by atoms with Crippen molar-refractivity contribution in [1.82, 2.24) is 14.5 Å². The van der Waals surface area contributed by atoms with E-state index in [0.717, 1.165) is 0 Å². The van der Waals surface area contributed by atoms with Crippen molar-refractivity contribution in [2.45, 2.75) is 6.04 Å². The van der Waals surface area contributed by atoms with Crippen molar-refractivity contribution in [1.29, 1.82) is 0 Å². The van der Waals surface area contributed by atoms with Gasteiger partial charge in [-0.1, -0.05) is 0 Å². The average molecular weight is 389 g/mol. The van der Waals surface area contributed by atoms with Crippen LogP contribution in [0.4, 0.5) is 10.2 Å². The van der Waals surface area contributed by atoms with E-state index in [0.29, 0.717) is 29.7 Å². The van der Waals surface area contributed by atoms with Gasteiger partial charge in [0, 0.05) is 42.8 Å². The van der Waals surface area contributed by atoms with Crippen LogP contribution in [0.15, 0.2) is 34.7 Å². The summed E-state index contributed by atoms with van der Waals surface area (Å²) in [5.41, 5.74) is 5.32. The minimum Gasteiger partial charge on any atom is -0.477 e. The van der Waals surface area contributed by atoms with E-state index >= 15 is 0 Å². The smallest absolute Gasteiger partial charge is 0.341 e. The van der Waals surface area contributed by atoms with E-state index in [1.165, 1.54) is 22.1 Å². The Balaban J connectivity index is 1.90. The predicted octanol–water partition coefficient (Wildman–Crippen LogP) is 1.27. The van der Waals surface area contributed by atoms with Gasteiger partial charge in [-0.2, -0.15) is 0 Å². The van der Waals surface area contributed by atoms with Crippen LogP contribution in [-0.2, 0) is 0 Å². The SMILES string of the molecule is NC1CN(c2ccc3c(=O)c(C(=O)O)cn(-c4nccs4)c3n2)CC1CF. The second kappa shape index (κ2) is 6.71. The van der Waals surface area contributed by atoms with Crippen molar-refractivity contribution in [2.24, 2.45) is 11.7 Å². The molecule has 140 valence electrons. The highest BCUT2D eigenvalue weighted by Gasteiger charge is 2.31. The van der Waals surface area contributed by atoms with Gasteiger partial charge in [-0.15, -0.1) is 11.3 Å². The highest BCUT2D eigenvalue weighted by molar-refractivity contribution is 7.12. The Morgan fingerprint density at radius 1 is 1.41 bits per heavy atom. The number of fused-ring (bicyclic) bond motifs is 1. The first-order valence-electron chi connectivity index (χ1n) is 8.25. The van der Waals surface area contributed by atoms with E-state index in [-0.39, 0.29) is 22.9 Å². The molecule has 2 atom stereocenters. The van der Waals surface area contributed by atoms with Gasteiger partial charge in [0.25, 0.3) is 0 Å². The first kappa shape index (κ1) is 17.6. The van der Waals surface area contributed by atoms with Gasteiger partial charge in [-0.3, -0.25) is 13.8 Å². The maximum absolute atomic E-state index is 13.1. The molecule has 4 rings (SSSR count). The minimum absolute atomic E-state index is 0.180. The molecule has 0 aromatic carbocycles. The van der Waals surface area contributed by atoms with Gasteiger partial charge in [-0.05, 0) is 12.1 Å². The molecule has 8 nitrogen and oxygen atoms in total. The number of carboxylic acid groups (broad SMARTS) is 1. The van der Waals surface area contributed by atoms with Crippen LogP contribution < -0.4 is 16.1 Å². The summed E-state index contributed by atoms with van der Waals surface area (Å²) >= 11 is 1.29. The number of aromatic carboxylic acids is 1. The first-order chi connectivity index (χ1) is 13.0. The third-order valence-corrected chi connectivity index (χ3v) is 5.48. The number of pyridine rings is 2. The lowest BCUT2D eigenvalue weighted by molar-refractivity contribution is 0.0695. The molecule has 0 bridgehead atoms. The number of thiazole rings is 1. The Morgan fingerprint density at radius 2 is 2.22 bits per heavy atom. The number of hydrogen-bond acceptors (Lipinski definition) is 7. The largest absolute Gasteiger partial charge is 0.477 e. The summed E-state index contributed by atoms with van der Waals surface area (Å²) in [5.74, 6) is -1.02. The second-order valence-corrected chi connectivity index (χ2v) is 7.26. The third-order valence-electron chi connectivity index (χ3n) is 4.71. The summed E-state index contributed by atoms with van der Waals surface area (Å²) in [6.45, 7) is 0.393. The summed E-state index contributed by atoms with van der Waals surface area (Å²) < 4.78 is 14.6. The number of rotatable bonds is 4. The van der Waals surface area contributed by atoms with Gasteiger partial charge in [0.15, 0.2) is 10.8 Å². The Morgan fingerprint density at radius 3 is 2.85 bits per heavy atom. The maximum Gasteiger partial charge on any atom is 0.341 e. The molecule has 0 radical (unpaired) electrons. The zero-order chi connectivity index (χ0) is 19.1. The summed E-state index contributed by atoms with van der Waals surface area (Å²) in [5, 5.41) is 11.8. The molecule has 0 amide bonds. The number of halogens is 1. The van der Waals surface area contributed by atoms with E-state index in [2.05, 4.69) is 9.97 Å². The molecular weight excluding hydrogens is 373 g/mol. The Labute approximate surface area is 156 Å². The van der Waals surface area contributed by atoms with Crippen LogP contribution in [0, 0.1) is 5.92 Å². The molecule has 1 saturated heterocycles. The number of nitrogens with two attached hydrogens (primary N) is 1. The summed E-state index contributed by atoms with van der Waals surface area (Å²) in [7, 11) is 0. The van der Waals surface area contributed by atoms with E-state index in [1.807, 2.05) is 4.90 Å². The number of hydrogen-bond donors (Lipinski definition) is 2. The van der Waals surface area contributed by atoms with E-state index in [1.54, 1.807) is 23.7 Å². The number of carboxylic acids is 1. The lowest BCUT2D eigenvalue weighted by Crippen LogP contribution is -2.30. The molecule has 1 aliphatic rings. The van der Waals surface area contributed by atoms with Gasteiger partial charge < -0.3 is 15.7 Å². The van der Waals surface area contributed by atoms with Crippen LogP contribution in [0.25, 0.3) is 16.2 Å². The van der Waals surface area contributed by atoms with E-state index in [9.17, 15) is 19.1 Å². The second-order valence-electron chi connectivity index (χ2n) is 6.39. The predicted molar refractivity (Wildman–Crippen MR) is 99.6 cm³/mol. The quantitative estimate of drug-likeness (QED) is 0.691. The lowest BCUT2D eigenvalue weighted by Gasteiger charge is -2.18. The van der Waals surface area contributed by atoms with Crippen molar-refractivity contribution in [3.05, 3.63) is 45.7 Å². The van der Waals surface area contributed by atoms with Crippen LogP contribution in [-0.4, -0.2) is 51.4 Å². The molecular formula is C17H16FN5O3S. The van der Waals surface area contributed by atoms with E-state index in [4.69, 9.17) is 5.73 Å². The molecule has 0 saturated carbocycles. The summed E-state index contributed by atoms with van der Waals surface area (Å²) in [6.07, 6.45) is 2.82. The van der Waals surface area contributed by atoms with Crippen molar-refractivity contribution >= 4 is 34.2 Å². The summed E-state index contributed by atoms with van der Waals surface area (Å²) in [6, 6.07) is 2.89. The molecule has 27 heavy (non-hydrogen) atoms. The summed E-state index contributed by atoms with van der Waals surface area (Å²) in [4.78, 5) is 34.6. The standard InChI is InChI=1S/C17H16FN5O3S/c18-5-9-6-22(8-12(9)19)13-2-1-10-14(24)11(16(25)26)7-23(15(10)21-13)17-20-3-4-27-17/h1-4,7,9,12H,5-6,8,19H2,(H,25,26). The number of anilines is 1. The molecule has 0 aliphatic carbocycles. The normalized spacial score (nSPS) is 19.7. The number of nitrogens with zero attached hydrogens (tertiary/aromatic N) is 4. The highest BCUT2D eigenvalue weighted by Crippen LogP contribution is 2.25. The van der Waals surface area contributed by atoms with Gasteiger partial charge >= 0.3 is 5.97 Å². The van der Waals surface area contributed by atoms with Crippen LogP contribution in [0.2, 0.25) is 0 Å². The monoisotopic (exact) mass is 389 g/mol. The van der Waals surface area contributed by atoms with Crippen molar-refractivity contribution < 1.29 is 14.3 Å². The Hall–Kier alpha value is -2.85. The molecule has 0 spiro atoms. The molecule has 3 aromatic rings. The fraction of sp³-hybridized carbons (Fsp3) is 0.294. The maximum atomic E-state index is 13.1. The molecule has 1 aliphatic heterocycles. The van der Waals surface area contributed by atoms with Crippen LogP contribution in [0.1, 0.15) is 10.4 Å². The third kappa shape index (κ3) is 2.96. The molecule has 1 fully saturated rings. The van der Waals surface area contributed by atoms with Crippen molar-refractivity contribution in [3.63, 3.8) is 0 Å². The van der Waals surface area contributed by atoms with Gasteiger partial charge in [-0.25, -0.2) is 14.8 Å². The number of carbonyl (C=O) groups is 1. The molecule has 10 heteroatoms. The molecule has 2 unspecified atom stereocenters. The van der Waals surface area contributed by atoms with E-state index < -0.39 is 18.1 Å².